The Hall–Kier alpha value is -2.43. The number of nitrogens with zero attached hydrogens (tertiary/aromatic N) is 3. The lowest BCUT2D eigenvalue weighted by Crippen LogP contribution is -2.16. The molecule has 2 aromatic heterocycles. The molecule has 0 unspecified atom stereocenters. The van der Waals surface area contributed by atoms with Gasteiger partial charge in [-0.25, -0.2) is 9.78 Å². The zero-order chi connectivity index (χ0) is 17.6. The van der Waals surface area contributed by atoms with Crippen LogP contribution in [0.3, 0.4) is 0 Å². The number of fused-ring (bicyclic) bond motifs is 1. The molecule has 5 nitrogen and oxygen atoms in total. The molecule has 0 spiro atoms. The molecular formula is C20H23N3O2. The summed E-state index contributed by atoms with van der Waals surface area (Å²) < 4.78 is 7.63. The summed E-state index contributed by atoms with van der Waals surface area (Å²) >= 11 is 0. The quantitative estimate of drug-likeness (QED) is 0.691. The van der Waals surface area contributed by atoms with Gasteiger partial charge < -0.3 is 4.42 Å². The van der Waals surface area contributed by atoms with Gasteiger partial charge in [-0.3, -0.25) is 4.68 Å². The number of benzene rings is 1. The van der Waals surface area contributed by atoms with Crippen molar-refractivity contribution in [2.75, 3.05) is 0 Å². The lowest BCUT2D eigenvalue weighted by atomic mass is 9.95. The summed E-state index contributed by atoms with van der Waals surface area (Å²) in [6.07, 6.45) is 5.95. The summed E-state index contributed by atoms with van der Waals surface area (Å²) in [5, 5.41) is 5.21. The lowest BCUT2D eigenvalue weighted by Gasteiger charge is -2.23. The van der Waals surface area contributed by atoms with Crippen LogP contribution in [0.25, 0.3) is 22.5 Å². The van der Waals surface area contributed by atoms with Gasteiger partial charge >= 0.3 is 5.63 Å². The van der Waals surface area contributed by atoms with Crippen molar-refractivity contribution in [1.82, 2.24) is 14.8 Å². The highest BCUT2D eigenvalue weighted by atomic mass is 16.4. The molecule has 0 N–H and O–H groups in total. The van der Waals surface area contributed by atoms with E-state index in [0.29, 0.717) is 22.8 Å². The van der Waals surface area contributed by atoms with Gasteiger partial charge in [0.15, 0.2) is 0 Å². The molecule has 130 valence electrons. The SMILES string of the molecule is Cc1cc(C)c2nc(-c3cc(C)nn3C3CCCCC3)oc(=O)c2c1. The summed E-state index contributed by atoms with van der Waals surface area (Å²) in [6, 6.07) is 6.21. The first-order valence-corrected chi connectivity index (χ1v) is 9.01. The van der Waals surface area contributed by atoms with Crippen LogP contribution >= 0.6 is 0 Å². The fourth-order valence-electron chi connectivity index (χ4n) is 3.92. The van der Waals surface area contributed by atoms with Crippen LogP contribution in [0.15, 0.2) is 27.4 Å². The molecule has 25 heavy (non-hydrogen) atoms. The maximum Gasteiger partial charge on any atom is 0.347 e. The molecule has 5 heteroatoms. The third-order valence-corrected chi connectivity index (χ3v) is 5.07. The number of hydrogen-bond acceptors (Lipinski definition) is 4. The normalized spacial score (nSPS) is 15.8. The molecule has 4 rings (SSSR count). The Balaban J connectivity index is 1.89. The van der Waals surface area contributed by atoms with E-state index in [-0.39, 0.29) is 5.63 Å². The fraction of sp³-hybridized carbons (Fsp3) is 0.450. The molecule has 3 aromatic rings. The first kappa shape index (κ1) is 16.1. The van der Waals surface area contributed by atoms with Crippen molar-refractivity contribution in [1.29, 1.82) is 0 Å². The minimum absolute atomic E-state index is 0.333. The van der Waals surface area contributed by atoms with E-state index >= 15 is 0 Å². The van der Waals surface area contributed by atoms with Gasteiger partial charge in [0.2, 0.25) is 5.89 Å². The van der Waals surface area contributed by atoms with Gasteiger partial charge in [0, 0.05) is 0 Å². The Labute approximate surface area is 146 Å². The van der Waals surface area contributed by atoms with Gasteiger partial charge in [-0.15, -0.1) is 0 Å². The second-order valence-electron chi connectivity index (χ2n) is 7.19. The zero-order valence-corrected chi connectivity index (χ0v) is 15.0. The minimum Gasteiger partial charge on any atom is -0.401 e. The number of aromatic nitrogens is 3. The van der Waals surface area contributed by atoms with E-state index in [1.807, 2.05) is 43.7 Å². The molecule has 0 radical (unpaired) electrons. The van der Waals surface area contributed by atoms with E-state index in [4.69, 9.17) is 4.42 Å². The Morgan fingerprint density at radius 1 is 1.08 bits per heavy atom. The predicted molar refractivity (Wildman–Crippen MR) is 97.8 cm³/mol. The van der Waals surface area contributed by atoms with Crippen LogP contribution in [0.1, 0.15) is 55.0 Å². The highest BCUT2D eigenvalue weighted by Crippen LogP contribution is 2.32. The standard InChI is InChI=1S/C20H23N3O2/c1-12-9-13(2)18-16(10-12)20(24)25-19(21-18)17-11-14(3)22-23(17)15-7-5-4-6-8-15/h9-11,15H,4-8H2,1-3H3. The molecule has 0 atom stereocenters. The van der Waals surface area contributed by atoms with Crippen molar-refractivity contribution in [2.24, 2.45) is 0 Å². The van der Waals surface area contributed by atoms with Crippen molar-refractivity contribution in [2.45, 2.75) is 58.9 Å². The van der Waals surface area contributed by atoms with Crippen LogP contribution < -0.4 is 5.63 Å². The monoisotopic (exact) mass is 337 g/mol. The average Bonchev–Trinajstić information content (AvgIpc) is 2.98. The lowest BCUT2D eigenvalue weighted by molar-refractivity contribution is 0.328. The van der Waals surface area contributed by atoms with E-state index in [1.165, 1.54) is 19.3 Å². The van der Waals surface area contributed by atoms with Crippen LogP contribution in [0, 0.1) is 20.8 Å². The Morgan fingerprint density at radius 3 is 2.60 bits per heavy atom. The molecular weight excluding hydrogens is 314 g/mol. The van der Waals surface area contributed by atoms with E-state index in [9.17, 15) is 4.79 Å². The third-order valence-electron chi connectivity index (χ3n) is 5.07. The number of rotatable bonds is 2. The second-order valence-corrected chi connectivity index (χ2v) is 7.19. The second kappa shape index (κ2) is 6.14. The molecule has 1 aliphatic rings. The van der Waals surface area contributed by atoms with Gasteiger partial charge in [0.05, 0.1) is 22.6 Å². The van der Waals surface area contributed by atoms with Gasteiger partial charge in [-0.05, 0) is 56.9 Å². The van der Waals surface area contributed by atoms with Crippen LogP contribution in [0.5, 0.6) is 0 Å². The van der Waals surface area contributed by atoms with Crippen LogP contribution in [-0.4, -0.2) is 14.8 Å². The van der Waals surface area contributed by atoms with E-state index in [2.05, 4.69) is 10.1 Å². The van der Waals surface area contributed by atoms with Gasteiger partial charge in [-0.2, -0.15) is 5.10 Å². The largest absolute Gasteiger partial charge is 0.401 e. The average molecular weight is 337 g/mol. The van der Waals surface area contributed by atoms with Crippen molar-refractivity contribution in [3.63, 3.8) is 0 Å². The highest BCUT2D eigenvalue weighted by molar-refractivity contribution is 5.82. The first-order valence-electron chi connectivity index (χ1n) is 9.01. The summed E-state index contributed by atoms with van der Waals surface area (Å²) in [6.45, 7) is 5.92. The van der Waals surface area contributed by atoms with E-state index < -0.39 is 0 Å². The molecule has 1 aliphatic carbocycles. The molecule has 2 heterocycles. The van der Waals surface area contributed by atoms with Crippen LogP contribution in [-0.2, 0) is 0 Å². The molecule has 0 amide bonds. The summed E-state index contributed by atoms with van der Waals surface area (Å²) in [5.41, 5.74) is 4.14. The van der Waals surface area contributed by atoms with Crippen molar-refractivity contribution >= 4 is 10.9 Å². The topological polar surface area (TPSA) is 60.9 Å². The molecule has 0 aliphatic heterocycles. The molecule has 1 fully saturated rings. The van der Waals surface area contributed by atoms with Gasteiger partial charge in [0.25, 0.3) is 0 Å². The molecule has 1 aromatic carbocycles. The van der Waals surface area contributed by atoms with Crippen molar-refractivity contribution in [3.8, 4) is 11.6 Å². The van der Waals surface area contributed by atoms with Gasteiger partial charge in [-0.1, -0.05) is 25.3 Å². The smallest absolute Gasteiger partial charge is 0.347 e. The summed E-state index contributed by atoms with van der Waals surface area (Å²) in [4.78, 5) is 17.2. The van der Waals surface area contributed by atoms with Crippen molar-refractivity contribution < 1.29 is 4.42 Å². The Kier molecular flexibility index (Phi) is 3.94. The van der Waals surface area contributed by atoms with Crippen LogP contribution in [0.2, 0.25) is 0 Å². The van der Waals surface area contributed by atoms with Crippen LogP contribution in [0.4, 0.5) is 0 Å². The van der Waals surface area contributed by atoms with Gasteiger partial charge in [0.1, 0.15) is 5.69 Å². The fourth-order valence-corrected chi connectivity index (χ4v) is 3.92. The molecule has 0 saturated heterocycles. The number of hydrogen-bond donors (Lipinski definition) is 0. The highest BCUT2D eigenvalue weighted by Gasteiger charge is 2.22. The maximum absolute atomic E-state index is 12.5. The summed E-state index contributed by atoms with van der Waals surface area (Å²) in [5.74, 6) is 0.371. The van der Waals surface area contributed by atoms with Crippen molar-refractivity contribution in [3.05, 3.63) is 45.4 Å². The third kappa shape index (κ3) is 2.88. The number of aryl methyl sites for hydroxylation is 3. The van der Waals surface area contributed by atoms with E-state index in [1.54, 1.807) is 0 Å². The summed E-state index contributed by atoms with van der Waals surface area (Å²) in [7, 11) is 0. The maximum atomic E-state index is 12.5. The molecule has 0 bridgehead atoms. The predicted octanol–water partition coefficient (Wildman–Crippen LogP) is 4.48. The Bertz CT molecular complexity index is 994. The first-order chi connectivity index (χ1) is 12.0. The van der Waals surface area contributed by atoms with E-state index in [0.717, 1.165) is 35.4 Å². The minimum atomic E-state index is -0.333. The Morgan fingerprint density at radius 2 is 1.84 bits per heavy atom. The zero-order valence-electron chi connectivity index (χ0n) is 15.0. The molecule has 1 saturated carbocycles.